The summed E-state index contributed by atoms with van der Waals surface area (Å²) in [5.74, 6) is 0.373. The van der Waals surface area contributed by atoms with E-state index in [0.717, 1.165) is 18.4 Å². The Morgan fingerprint density at radius 1 is 1.53 bits per heavy atom. The standard InChI is InChI=1S/C14H21ClN2O2/c1-3-10(2)17-14(18)9-19-13-5-4-11(6-7-16)8-12(13)15/h4-5,8,10H,3,6-7,9,16H2,1-2H3,(H,17,18). The van der Waals surface area contributed by atoms with E-state index in [0.29, 0.717) is 17.3 Å². The first-order valence-electron chi connectivity index (χ1n) is 6.47. The highest BCUT2D eigenvalue weighted by Crippen LogP contribution is 2.25. The molecule has 0 saturated heterocycles. The predicted octanol–water partition coefficient (Wildman–Crippen LogP) is 2.13. The summed E-state index contributed by atoms with van der Waals surface area (Å²) in [6, 6.07) is 5.64. The molecule has 19 heavy (non-hydrogen) atoms. The zero-order chi connectivity index (χ0) is 14.3. The smallest absolute Gasteiger partial charge is 0.258 e. The number of carbonyl (C=O) groups is 1. The van der Waals surface area contributed by atoms with Crippen LogP contribution in [-0.4, -0.2) is 25.1 Å². The van der Waals surface area contributed by atoms with Crippen molar-refractivity contribution in [3.63, 3.8) is 0 Å². The zero-order valence-corrected chi connectivity index (χ0v) is 12.2. The van der Waals surface area contributed by atoms with E-state index in [4.69, 9.17) is 22.1 Å². The van der Waals surface area contributed by atoms with Gasteiger partial charge >= 0.3 is 0 Å². The minimum absolute atomic E-state index is 0.0275. The van der Waals surface area contributed by atoms with Crippen molar-refractivity contribution in [2.24, 2.45) is 5.73 Å². The van der Waals surface area contributed by atoms with Crippen LogP contribution in [0.5, 0.6) is 5.75 Å². The van der Waals surface area contributed by atoms with Gasteiger partial charge in [0.25, 0.3) is 5.91 Å². The molecule has 0 fully saturated rings. The van der Waals surface area contributed by atoms with Crippen LogP contribution in [0.15, 0.2) is 18.2 Å². The van der Waals surface area contributed by atoms with Crippen molar-refractivity contribution in [1.29, 1.82) is 0 Å². The molecule has 3 N–H and O–H groups in total. The Labute approximate surface area is 119 Å². The van der Waals surface area contributed by atoms with E-state index in [1.807, 2.05) is 26.0 Å². The molecule has 0 aromatic heterocycles. The number of nitrogens with one attached hydrogen (secondary N) is 1. The number of carbonyl (C=O) groups excluding carboxylic acids is 1. The highest BCUT2D eigenvalue weighted by atomic mass is 35.5. The number of amides is 1. The van der Waals surface area contributed by atoms with Gasteiger partial charge in [0.1, 0.15) is 5.75 Å². The van der Waals surface area contributed by atoms with Crippen molar-refractivity contribution in [3.05, 3.63) is 28.8 Å². The first-order valence-corrected chi connectivity index (χ1v) is 6.85. The maximum Gasteiger partial charge on any atom is 0.258 e. The summed E-state index contributed by atoms with van der Waals surface area (Å²) in [4.78, 5) is 11.6. The lowest BCUT2D eigenvalue weighted by Crippen LogP contribution is -2.35. The van der Waals surface area contributed by atoms with Crippen LogP contribution in [0.1, 0.15) is 25.8 Å². The summed E-state index contributed by atoms with van der Waals surface area (Å²) >= 11 is 6.08. The minimum atomic E-state index is -0.142. The van der Waals surface area contributed by atoms with Gasteiger partial charge in [0, 0.05) is 6.04 Å². The minimum Gasteiger partial charge on any atom is -0.482 e. The van der Waals surface area contributed by atoms with Gasteiger partial charge in [-0.25, -0.2) is 0 Å². The normalized spacial score (nSPS) is 12.0. The van der Waals surface area contributed by atoms with Crippen molar-refractivity contribution in [2.45, 2.75) is 32.7 Å². The fourth-order valence-electron chi connectivity index (χ4n) is 1.55. The molecule has 0 saturated carbocycles. The molecule has 4 nitrogen and oxygen atoms in total. The Hall–Kier alpha value is -1.26. The topological polar surface area (TPSA) is 64.3 Å². The van der Waals surface area contributed by atoms with E-state index in [2.05, 4.69) is 5.32 Å². The number of ether oxygens (including phenoxy) is 1. The first kappa shape index (κ1) is 15.8. The number of halogens is 1. The van der Waals surface area contributed by atoms with Crippen LogP contribution < -0.4 is 15.8 Å². The lowest BCUT2D eigenvalue weighted by Gasteiger charge is -2.13. The van der Waals surface area contributed by atoms with Crippen LogP contribution in [-0.2, 0) is 11.2 Å². The van der Waals surface area contributed by atoms with Gasteiger partial charge in [-0.3, -0.25) is 4.79 Å². The predicted molar refractivity (Wildman–Crippen MR) is 77.6 cm³/mol. The number of nitrogens with two attached hydrogens (primary N) is 1. The molecule has 0 heterocycles. The number of hydrogen-bond donors (Lipinski definition) is 2. The summed E-state index contributed by atoms with van der Waals surface area (Å²) in [5, 5.41) is 3.33. The van der Waals surface area contributed by atoms with Gasteiger partial charge < -0.3 is 15.8 Å². The molecule has 0 aliphatic heterocycles. The van der Waals surface area contributed by atoms with E-state index in [1.165, 1.54) is 0 Å². The van der Waals surface area contributed by atoms with E-state index in [-0.39, 0.29) is 18.6 Å². The highest BCUT2D eigenvalue weighted by Gasteiger charge is 2.08. The molecule has 1 rings (SSSR count). The van der Waals surface area contributed by atoms with Crippen molar-refractivity contribution in [1.82, 2.24) is 5.32 Å². The fraction of sp³-hybridized carbons (Fsp3) is 0.500. The van der Waals surface area contributed by atoms with E-state index in [1.54, 1.807) is 6.07 Å². The lowest BCUT2D eigenvalue weighted by atomic mass is 10.1. The van der Waals surface area contributed by atoms with E-state index in [9.17, 15) is 4.79 Å². The highest BCUT2D eigenvalue weighted by molar-refractivity contribution is 6.32. The first-order chi connectivity index (χ1) is 9.06. The Kier molecular flexibility index (Phi) is 6.67. The summed E-state index contributed by atoms with van der Waals surface area (Å²) in [6.07, 6.45) is 1.66. The second-order valence-corrected chi connectivity index (χ2v) is 4.88. The van der Waals surface area contributed by atoms with Crippen LogP contribution in [0.25, 0.3) is 0 Å². The lowest BCUT2D eigenvalue weighted by molar-refractivity contribution is -0.123. The van der Waals surface area contributed by atoms with Gasteiger partial charge in [0.05, 0.1) is 5.02 Å². The second-order valence-electron chi connectivity index (χ2n) is 4.47. The second kappa shape index (κ2) is 8.02. The molecule has 0 aliphatic carbocycles. The maximum atomic E-state index is 11.6. The van der Waals surface area contributed by atoms with Crippen LogP contribution >= 0.6 is 11.6 Å². The van der Waals surface area contributed by atoms with Gasteiger partial charge in [-0.15, -0.1) is 0 Å². The van der Waals surface area contributed by atoms with Crippen molar-refractivity contribution in [3.8, 4) is 5.75 Å². The average Bonchev–Trinajstić information content (AvgIpc) is 2.38. The zero-order valence-electron chi connectivity index (χ0n) is 11.4. The third-order valence-corrected chi connectivity index (χ3v) is 3.10. The number of rotatable bonds is 7. The fourth-order valence-corrected chi connectivity index (χ4v) is 1.80. The Morgan fingerprint density at radius 3 is 2.84 bits per heavy atom. The van der Waals surface area contributed by atoms with Crippen LogP contribution in [0, 0.1) is 0 Å². The van der Waals surface area contributed by atoms with Gasteiger partial charge in [-0.05, 0) is 44.0 Å². The molecule has 1 aromatic rings. The van der Waals surface area contributed by atoms with Crippen LogP contribution in [0.3, 0.4) is 0 Å². The van der Waals surface area contributed by atoms with Gasteiger partial charge in [0.15, 0.2) is 6.61 Å². The molecule has 0 radical (unpaired) electrons. The molecule has 1 aromatic carbocycles. The van der Waals surface area contributed by atoms with Crippen LogP contribution in [0.2, 0.25) is 5.02 Å². The molecule has 0 bridgehead atoms. The monoisotopic (exact) mass is 284 g/mol. The SMILES string of the molecule is CCC(C)NC(=O)COc1ccc(CCN)cc1Cl. The largest absolute Gasteiger partial charge is 0.482 e. The van der Waals surface area contributed by atoms with Crippen LogP contribution in [0.4, 0.5) is 0 Å². The van der Waals surface area contributed by atoms with E-state index < -0.39 is 0 Å². The van der Waals surface area contributed by atoms with Crippen molar-refractivity contribution >= 4 is 17.5 Å². The number of hydrogen-bond acceptors (Lipinski definition) is 3. The Bertz CT molecular complexity index is 424. The molecule has 0 spiro atoms. The third-order valence-electron chi connectivity index (χ3n) is 2.81. The summed E-state index contributed by atoms with van der Waals surface area (Å²) < 4.78 is 5.40. The third kappa shape index (κ3) is 5.49. The summed E-state index contributed by atoms with van der Waals surface area (Å²) in [5.41, 5.74) is 6.54. The molecular weight excluding hydrogens is 264 g/mol. The molecular formula is C14H21ClN2O2. The van der Waals surface area contributed by atoms with Crippen molar-refractivity contribution in [2.75, 3.05) is 13.2 Å². The average molecular weight is 285 g/mol. The number of benzene rings is 1. The quantitative estimate of drug-likeness (QED) is 0.806. The molecule has 1 unspecified atom stereocenters. The van der Waals surface area contributed by atoms with Gasteiger partial charge in [0.2, 0.25) is 0 Å². The summed E-state index contributed by atoms with van der Waals surface area (Å²) in [6.45, 7) is 4.51. The Morgan fingerprint density at radius 2 is 2.26 bits per heavy atom. The van der Waals surface area contributed by atoms with E-state index >= 15 is 0 Å². The molecule has 1 amide bonds. The molecule has 106 valence electrons. The molecule has 0 aliphatic rings. The molecule has 5 heteroatoms. The maximum absolute atomic E-state index is 11.6. The van der Waals surface area contributed by atoms with Gasteiger partial charge in [-0.2, -0.15) is 0 Å². The van der Waals surface area contributed by atoms with Crippen molar-refractivity contribution < 1.29 is 9.53 Å². The molecule has 1 atom stereocenters. The van der Waals surface area contributed by atoms with Gasteiger partial charge in [-0.1, -0.05) is 24.6 Å². The Balaban J connectivity index is 2.51. The summed E-state index contributed by atoms with van der Waals surface area (Å²) in [7, 11) is 0.